The molecule has 0 saturated carbocycles. The minimum atomic E-state index is -1.35. The minimum Gasteiger partial charge on any atom is -0.496 e. The van der Waals surface area contributed by atoms with Gasteiger partial charge in [-0.05, 0) is 35.9 Å². The number of halogens is 2. The van der Waals surface area contributed by atoms with Crippen molar-refractivity contribution in [1.29, 1.82) is 5.26 Å². The zero-order valence-electron chi connectivity index (χ0n) is 19.0. The number of hydrogen-bond donors (Lipinski definition) is 2. The number of ether oxygens (including phenoxy) is 1. The molecule has 4 aromatic rings. The van der Waals surface area contributed by atoms with Crippen LogP contribution in [0.25, 0.3) is 22.0 Å². The van der Waals surface area contributed by atoms with Gasteiger partial charge in [0.1, 0.15) is 23.2 Å². The fourth-order valence-electron chi connectivity index (χ4n) is 3.98. The molecule has 7 nitrogen and oxygen atoms in total. The number of carbonyl (C=O) groups excluding carboxylic acids is 1. The van der Waals surface area contributed by atoms with E-state index in [1.807, 2.05) is 6.07 Å². The maximum absolute atomic E-state index is 14.3. The van der Waals surface area contributed by atoms with Crippen LogP contribution in [0.1, 0.15) is 21.5 Å². The van der Waals surface area contributed by atoms with Gasteiger partial charge in [-0.15, -0.1) is 0 Å². The van der Waals surface area contributed by atoms with Crippen LogP contribution in [0.3, 0.4) is 0 Å². The first-order chi connectivity index (χ1) is 17.3. The fraction of sp³-hybridized carbons (Fsp3) is 0.111. The number of aliphatic carboxylic acids is 1. The topological polar surface area (TPSA) is 112 Å². The Labute approximate surface area is 210 Å². The van der Waals surface area contributed by atoms with Crippen molar-refractivity contribution in [3.8, 4) is 22.9 Å². The molecular weight excluding hydrogens is 485 g/mol. The lowest BCUT2D eigenvalue weighted by Gasteiger charge is -2.18. The van der Waals surface area contributed by atoms with Crippen molar-refractivity contribution in [2.75, 3.05) is 7.11 Å². The highest BCUT2D eigenvalue weighted by atomic mass is 35.5. The van der Waals surface area contributed by atoms with E-state index < -0.39 is 23.7 Å². The van der Waals surface area contributed by atoms with Crippen LogP contribution >= 0.6 is 11.6 Å². The first-order valence-corrected chi connectivity index (χ1v) is 11.1. The molecule has 36 heavy (non-hydrogen) atoms. The Morgan fingerprint density at radius 1 is 1.17 bits per heavy atom. The molecule has 0 unspecified atom stereocenters. The number of nitriles is 1. The van der Waals surface area contributed by atoms with E-state index in [1.165, 1.54) is 19.2 Å². The van der Waals surface area contributed by atoms with E-state index in [2.05, 4.69) is 10.3 Å². The smallest absolute Gasteiger partial charge is 0.326 e. The number of rotatable bonds is 7. The quantitative estimate of drug-likeness (QED) is 0.367. The van der Waals surface area contributed by atoms with E-state index in [0.717, 1.165) is 6.07 Å². The van der Waals surface area contributed by atoms with Crippen LogP contribution in [0.4, 0.5) is 4.39 Å². The summed E-state index contributed by atoms with van der Waals surface area (Å²) in [5, 5.41) is 22.4. The molecule has 9 heteroatoms. The zero-order valence-corrected chi connectivity index (χ0v) is 19.7. The standard InChI is InChI=1S/C27H19ClFN3O4/c1-36-23-6-2-5-21(29)24(23)26(33)32-22(27(34)35)13-16-8-10-19(25-17(16)4-3-11-31-25)18-9-7-15(14-30)12-20(18)28/h2-12,22H,13H2,1H3,(H,32,33)(H,34,35)/t22-/m0/s1. The van der Waals surface area contributed by atoms with Crippen LogP contribution in [0.2, 0.25) is 5.02 Å². The van der Waals surface area contributed by atoms with Crippen molar-refractivity contribution in [3.63, 3.8) is 0 Å². The lowest BCUT2D eigenvalue weighted by molar-refractivity contribution is -0.139. The van der Waals surface area contributed by atoms with Gasteiger partial charge in [0.25, 0.3) is 5.91 Å². The molecule has 1 amide bonds. The predicted molar refractivity (Wildman–Crippen MR) is 132 cm³/mol. The van der Waals surface area contributed by atoms with Gasteiger partial charge in [0.15, 0.2) is 0 Å². The van der Waals surface area contributed by atoms with Crippen LogP contribution in [0, 0.1) is 17.1 Å². The molecule has 2 N–H and O–H groups in total. The Bertz CT molecular complexity index is 1530. The first-order valence-electron chi connectivity index (χ1n) is 10.8. The number of nitrogens with zero attached hydrogens (tertiary/aromatic N) is 2. The molecule has 0 bridgehead atoms. The van der Waals surface area contributed by atoms with Crippen molar-refractivity contribution in [1.82, 2.24) is 10.3 Å². The summed E-state index contributed by atoms with van der Waals surface area (Å²) in [5.74, 6) is -3.01. The normalized spacial score (nSPS) is 11.5. The number of amides is 1. The van der Waals surface area contributed by atoms with Crippen LogP contribution in [0.15, 0.2) is 66.9 Å². The van der Waals surface area contributed by atoms with Gasteiger partial charge in [-0.25, -0.2) is 9.18 Å². The SMILES string of the molecule is COc1cccc(F)c1C(=O)N[C@@H](Cc1ccc(-c2ccc(C#N)cc2Cl)c2ncccc12)C(=O)O. The van der Waals surface area contributed by atoms with E-state index >= 15 is 0 Å². The van der Waals surface area contributed by atoms with Crippen molar-refractivity contribution in [2.45, 2.75) is 12.5 Å². The number of carboxylic acids is 1. The fourth-order valence-corrected chi connectivity index (χ4v) is 4.26. The average molecular weight is 504 g/mol. The Kier molecular flexibility index (Phi) is 7.13. The number of hydrogen-bond acceptors (Lipinski definition) is 5. The third-order valence-corrected chi connectivity index (χ3v) is 6.01. The van der Waals surface area contributed by atoms with E-state index in [9.17, 15) is 19.1 Å². The third kappa shape index (κ3) is 4.83. The number of aromatic nitrogens is 1. The molecule has 3 aromatic carbocycles. The van der Waals surface area contributed by atoms with Gasteiger partial charge in [-0.1, -0.05) is 41.9 Å². The van der Waals surface area contributed by atoms with Gasteiger partial charge in [0.2, 0.25) is 0 Å². The number of carboxylic acid groups (broad SMARTS) is 1. The summed E-state index contributed by atoms with van der Waals surface area (Å²) in [5.41, 5.74) is 2.61. The van der Waals surface area contributed by atoms with Crippen molar-refractivity contribution in [2.24, 2.45) is 0 Å². The number of benzene rings is 3. The Hall–Kier alpha value is -4.48. The molecule has 1 atom stereocenters. The second-order valence-electron chi connectivity index (χ2n) is 7.86. The lowest BCUT2D eigenvalue weighted by Crippen LogP contribution is -2.42. The zero-order chi connectivity index (χ0) is 25.8. The maximum atomic E-state index is 14.3. The maximum Gasteiger partial charge on any atom is 0.326 e. The lowest BCUT2D eigenvalue weighted by atomic mass is 9.94. The molecule has 0 radical (unpaired) electrons. The van der Waals surface area contributed by atoms with Gasteiger partial charge in [-0.3, -0.25) is 9.78 Å². The summed E-state index contributed by atoms with van der Waals surface area (Å²) in [6.07, 6.45) is 1.52. The Morgan fingerprint density at radius 2 is 1.94 bits per heavy atom. The number of methoxy groups -OCH3 is 1. The predicted octanol–water partition coefficient (Wildman–Crippen LogP) is 5.00. The molecule has 0 aliphatic rings. The summed E-state index contributed by atoms with van der Waals surface area (Å²) < 4.78 is 19.4. The van der Waals surface area contributed by atoms with E-state index in [4.69, 9.17) is 21.6 Å². The molecule has 1 aromatic heterocycles. The monoisotopic (exact) mass is 503 g/mol. The van der Waals surface area contributed by atoms with Gasteiger partial charge in [0, 0.05) is 34.2 Å². The van der Waals surface area contributed by atoms with Crippen LogP contribution < -0.4 is 10.1 Å². The molecule has 0 saturated heterocycles. The van der Waals surface area contributed by atoms with Gasteiger partial charge in [-0.2, -0.15) is 5.26 Å². The van der Waals surface area contributed by atoms with Crippen molar-refractivity contribution >= 4 is 34.4 Å². The molecule has 0 spiro atoms. The molecule has 0 aliphatic carbocycles. The molecule has 1 heterocycles. The minimum absolute atomic E-state index is 0.00469. The Morgan fingerprint density at radius 3 is 2.64 bits per heavy atom. The van der Waals surface area contributed by atoms with Gasteiger partial charge < -0.3 is 15.2 Å². The van der Waals surface area contributed by atoms with E-state index in [1.54, 1.807) is 48.7 Å². The van der Waals surface area contributed by atoms with Crippen molar-refractivity contribution in [3.05, 3.63) is 94.4 Å². The molecular formula is C27H19ClFN3O4. The highest BCUT2D eigenvalue weighted by Gasteiger charge is 2.26. The second-order valence-corrected chi connectivity index (χ2v) is 8.27. The summed E-state index contributed by atoms with van der Waals surface area (Å²) >= 11 is 6.42. The Balaban J connectivity index is 1.70. The summed E-state index contributed by atoms with van der Waals surface area (Å²) in [7, 11) is 1.29. The highest BCUT2D eigenvalue weighted by molar-refractivity contribution is 6.33. The van der Waals surface area contributed by atoms with Crippen LogP contribution in [-0.2, 0) is 11.2 Å². The molecule has 180 valence electrons. The summed E-state index contributed by atoms with van der Waals surface area (Å²) in [4.78, 5) is 29.3. The van der Waals surface area contributed by atoms with Crippen molar-refractivity contribution < 1.29 is 23.8 Å². The number of nitrogens with one attached hydrogen (secondary N) is 1. The van der Waals surface area contributed by atoms with E-state index in [-0.39, 0.29) is 17.7 Å². The number of pyridine rings is 1. The second kappa shape index (κ2) is 10.4. The highest BCUT2D eigenvalue weighted by Crippen LogP contribution is 2.35. The third-order valence-electron chi connectivity index (χ3n) is 5.70. The number of fused-ring (bicyclic) bond motifs is 1. The summed E-state index contributed by atoms with van der Waals surface area (Å²) in [6.45, 7) is 0. The summed E-state index contributed by atoms with van der Waals surface area (Å²) in [6, 6.07) is 16.5. The number of carbonyl (C=O) groups is 2. The van der Waals surface area contributed by atoms with Gasteiger partial charge in [0.05, 0.1) is 24.3 Å². The average Bonchev–Trinajstić information content (AvgIpc) is 2.88. The largest absolute Gasteiger partial charge is 0.496 e. The van der Waals surface area contributed by atoms with E-state index in [0.29, 0.717) is 38.2 Å². The first kappa shape index (κ1) is 24.6. The van der Waals surface area contributed by atoms with Crippen LogP contribution in [-0.4, -0.2) is 35.1 Å². The van der Waals surface area contributed by atoms with Gasteiger partial charge >= 0.3 is 5.97 Å². The van der Waals surface area contributed by atoms with Crippen LogP contribution in [0.5, 0.6) is 5.75 Å². The molecule has 4 rings (SSSR count). The molecule has 0 fully saturated rings. The molecule has 0 aliphatic heterocycles.